The SMILES string of the molecule is COc1ccc(N2CCNC(C(C)C)C2)c(OC)c1. The van der Waals surface area contributed by atoms with E-state index in [-0.39, 0.29) is 0 Å². The Balaban J connectivity index is 2.20. The molecule has 4 heteroatoms. The number of nitrogens with zero attached hydrogens (tertiary/aromatic N) is 1. The van der Waals surface area contributed by atoms with Gasteiger partial charge < -0.3 is 19.7 Å². The van der Waals surface area contributed by atoms with Crippen LogP contribution in [0.4, 0.5) is 5.69 Å². The number of rotatable bonds is 4. The van der Waals surface area contributed by atoms with Crippen molar-refractivity contribution in [3.05, 3.63) is 18.2 Å². The van der Waals surface area contributed by atoms with Gasteiger partial charge in [-0.3, -0.25) is 0 Å². The van der Waals surface area contributed by atoms with E-state index in [0.717, 1.165) is 36.8 Å². The molecule has 1 aliphatic heterocycles. The molecule has 1 atom stereocenters. The monoisotopic (exact) mass is 264 g/mol. The van der Waals surface area contributed by atoms with E-state index in [1.54, 1.807) is 14.2 Å². The van der Waals surface area contributed by atoms with Crippen molar-refractivity contribution in [1.29, 1.82) is 0 Å². The minimum absolute atomic E-state index is 0.528. The summed E-state index contributed by atoms with van der Waals surface area (Å²) in [5.74, 6) is 2.34. The van der Waals surface area contributed by atoms with E-state index in [0.29, 0.717) is 12.0 Å². The van der Waals surface area contributed by atoms with E-state index >= 15 is 0 Å². The third-order valence-electron chi connectivity index (χ3n) is 3.74. The van der Waals surface area contributed by atoms with Crippen LogP contribution in [0, 0.1) is 5.92 Å². The van der Waals surface area contributed by atoms with Crippen LogP contribution in [0.3, 0.4) is 0 Å². The smallest absolute Gasteiger partial charge is 0.145 e. The molecular formula is C15H24N2O2. The fraction of sp³-hybridized carbons (Fsp3) is 0.600. The Bertz CT molecular complexity index is 421. The first-order valence-electron chi connectivity index (χ1n) is 6.86. The molecule has 1 saturated heterocycles. The molecule has 19 heavy (non-hydrogen) atoms. The van der Waals surface area contributed by atoms with Gasteiger partial charge >= 0.3 is 0 Å². The Morgan fingerprint density at radius 2 is 2.05 bits per heavy atom. The average Bonchev–Trinajstić information content (AvgIpc) is 2.46. The van der Waals surface area contributed by atoms with Crippen molar-refractivity contribution in [3.63, 3.8) is 0 Å². The zero-order chi connectivity index (χ0) is 13.8. The Hall–Kier alpha value is -1.42. The van der Waals surface area contributed by atoms with E-state index in [2.05, 4.69) is 30.1 Å². The van der Waals surface area contributed by atoms with E-state index in [4.69, 9.17) is 9.47 Å². The van der Waals surface area contributed by atoms with Gasteiger partial charge in [-0.25, -0.2) is 0 Å². The predicted octanol–water partition coefficient (Wildman–Crippen LogP) is 2.14. The van der Waals surface area contributed by atoms with Gasteiger partial charge in [0.2, 0.25) is 0 Å². The van der Waals surface area contributed by atoms with Crippen LogP contribution in [-0.4, -0.2) is 39.9 Å². The first-order valence-corrected chi connectivity index (χ1v) is 6.86. The van der Waals surface area contributed by atoms with Crippen molar-refractivity contribution in [1.82, 2.24) is 5.32 Å². The van der Waals surface area contributed by atoms with Crippen molar-refractivity contribution in [2.24, 2.45) is 5.92 Å². The summed E-state index contributed by atoms with van der Waals surface area (Å²) in [7, 11) is 3.38. The average molecular weight is 264 g/mol. The number of methoxy groups -OCH3 is 2. The van der Waals surface area contributed by atoms with Crippen LogP contribution in [0.5, 0.6) is 11.5 Å². The first kappa shape index (κ1) is 14.0. The highest BCUT2D eigenvalue weighted by atomic mass is 16.5. The van der Waals surface area contributed by atoms with Crippen LogP contribution >= 0.6 is 0 Å². The van der Waals surface area contributed by atoms with Crippen molar-refractivity contribution in [3.8, 4) is 11.5 Å². The van der Waals surface area contributed by atoms with Crippen LogP contribution in [0.1, 0.15) is 13.8 Å². The van der Waals surface area contributed by atoms with Gasteiger partial charge in [-0.2, -0.15) is 0 Å². The highest BCUT2D eigenvalue weighted by molar-refractivity contribution is 5.61. The lowest BCUT2D eigenvalue weighted by molar-refractivity contribution is 0.362. The van der Waals surface area contributed by atoms with Gasteiger partial charge in [-0.15, -0.1) is 0 Å². The molecule has 0 radical (unpaired) electrons. The lowest BCUT2D eigenvalue weighted by Gasteiger charge is -2.37. The Kier molecular flexibility index (Phi) is 4.53. The molecule has 1 N–H and O–H groups in total. The standard InChI is InChI=1S/C15H24N2O2/c1-11(2)13-10-17(8-7-16-13)14-6-5-12(18-3)9-15(14)19-4/h5-6,9,11,13,16H,7-8,10H2,1-4H3. The zero-order valence-electron chi connectivity index (χ0n) is 12.3. The van der Waals surface area contributed by atoms with Crippen LogP contribution in [-0.2, 0) is 0 Å². The molecule has 1 unspecified atom stereocenters. The molecule has 2 rings (SSSR count). The summed E-state index contributed by atoms with van der Waals surface area (Å²) >= 11 is 0. The van der Waals surface area contributed by atoms with Crippen LogP contribution in [0.15, 0.2) is 18.2 Å². The van der Waals surface area contributed by atoms with Crippen molar-refractivity contribution < 1.29 is 9.47 Å². The molecule has 0 bridgehead atoms. The third kappa shape index (κ3) is 3.13. The second-order valence-corrected chi connectivity index (χ2v) is 5.29. The van der Waals surface area contributed by atoms with E-state index < -0.39 is 0 Å². The lowest BCUT2D eigenvalue weighted by atomic mass is 10.0. The normalized spacial score (nSPS) is 19.6. The fourth-order valence-electron chi connectivity index (χ4n) is 2.49. The van der Waals surface area contributed by atoms with E-state index in [9.17, 15) is 0 Å². The maximum absolute atomic E-state index is 5.49. The van der Waals surface area contributed by atoms with Crippen LogP contribution < -0.4 is 19.7 Å². The minimum Gasteiger partial charge on any atom is -0.497 e. The highest BCUT2D eigenvalue weighted by Crippen LogP contribution is 2.33. The molecule has 4 nitrogen and oxygen atoms in total. The Morgan fingerprint density at radius 1 is 1.26 bits per heavy atom. The maximum Gasteiger partial charge on any atom is 0.145 e. The summed E-state index contributed by atoms with van der Waals surface area (Å²) in [6.45, 7) is 7.54. The lowest BCUT2D eigenvalue weighted by Crippen LogP contribution is -2.53. The topological polar surface area (TPSA) is 33.7 Å². The molecule has 1 aromatic rings. The van der Waals surface area contributed by atoms with Crippen molar-refractivity contribution in [2.75, 3.05) is 38.8 Å². The van der Waals surface area contributed by atoms with Gasteiger partial charge in [0.25, 0.3) is 0 Å². The largest absolute Gasteiger partial charge is 0.497 e. The summed E-state index contributed by atoms with van der Waals surface area (Å²) in [6.07, 6.45) is 0. The summed E-state index contributed by atoms with van der Waals surface area (Å²) < 4.78 is 10.7. The highest BCUT2D eigenvalue weighted by Gasteiger charge is 2.23. The molecule has 1 fully saturated rings. The fourth-order valence-corrected chi connectivity index (χ4v) is 2.49. The zero-order valence-corrected chi connectivity index (χ0v) is 12.3. The van der Waals surface area contributed by atoms with E-state index in [1.165, 1.54) is 0 Å². The molecule has 0 aliphatic carbocycles. The number of anilines is 1. The number of benzene rings is 1. The molecule has 1 aromatic carbocycles. The first-order chi connectivity index (χ1) is 9.15. The number of nitrogens with one attached hydrogen (secondary N) is 1. The summed E-state index contributed by atoms with van der Waals surface area (Å²) in [6, 6.07) is 6.55. The van der Waals surface area contributed by atoms with E-state index in [1.807, 2.05) is 12.1 Å². The Labute approximate surface area is 115 Å². The molecule has 0 spiro atoms. The van der Waals surface area contributed by atoms with Crippen LogP contribution in [0.25, 0.3) is 0 Å². The molecule has 0 aromatic heterocycles. The third-order valence-corrected chi connectivity index (χ3v) is 3.74. The number of piperazine rings is 1. The Morgan fingerprint density at radius 3 is 2.68 bits per heavy atom. The predicted molar refractivity (Wildman–Crippen MR) is 78.4 cm³/mol. The van der Waals surface area contributed by atoms with Crippen molar-refractivity contribution >= 4 is 5.69 Å². The molecule has 0 amide bonds. The molecule has 1 heterocycles. The molecular weight excluding hydrogens is 240 g/mol. The second kappa shape index (κ2) is 6.15. The van der Waals surface area contributed by atoms with Crippen LogP contribution in [0.2, 0.25) is 0 Å². The summed E-state index contributed by atoms with van der Waals surface area (Å²) in [5, 5.41) is 3.57. The quantitative estimate of drug-likeness (QED) is 0.903. The molecule has 1 aliphatic rings. The number of hydrogen-bond donors (Lipinski definition) is 1. The van der Waals surface area contributed by atoms with Crippen molar-refractivity contribution in [2.45, 2.75) is 19.9 Å². The van der Waals surface area contributed by atoms with Gasteiger partial charge in [0.05, 0.1) is 19.9 Å². The molecule has 0 saturated carbocycles. The second-order valence-electron chi connectivity index (χ2n) is 5.29. The molecule has 106 valence electrons. The van der Waals surface area contributed by atoms with Gasteiger partial charge in [0.15, 0.2) is 0 Å². The summed E-state index contributed by atoms with van der Waals surface area (Å²) in [4.78, 5) is 2.39. The maximum atomic E-state index is 5.49. The van der Waals surface area contributed by atoms with Gasteiger partial charge in [0.1, 0.15) is 11.5 Å². The summed E-state index contributed by atoms with van der Waals surface area (Å²) in [5.41, 5.74) is 1.15. The minimum atomic E-state index is 0.528. The van der Waals surface area contributed by atoms with Gasteiger partial charge in [0, 0.05) is 31.7 Å². The number of hydrogen-bond acceptors (Lipinski definition) is 4. The van der Waals surface area contributed by atoms with Gasteiger partial charge in [-0.1, -0.05) is 13.8 Å². The van der Waals surface area contributed by atoms with Gasteiger partial charge in [-0.05, 0) is 18.1 Å². The number of ether oxygens (including phenoxy) is 2.